The van der Waals surface area contributed by atoms with E-state index in [1.807, 2.05) is 0 Å². The largest absolute Gasteiger partial charge is 0.335 e. The quantitative estimate of drug-likeness (QED) is 0.873. The first-order valence-electron chi connectivity index (χ1n) is 8.12. The highest BCUT2D eigenvalue weighted by Gasteiger charge is 2.35. The zero-order chi connectivity index (χ0) is 16.4. The average molecular weight is 341 g/mol. The molecule has 0 unspecified atom stereocenters. The number of nitrogens with zero attached hydrogens (tertiary/aromatic N) is 4. The third-order valence-electron chi connectivity index (χ3n) is 4.78. The SMILES string of the molecule is Cn1cnnc1S(=O)(=O)C1CCN(C(=O)NC2CCCC2)CC1. The first kappa shape index (κ1) is 16.2. The van der Waals surface area contributed by atoms with Crippen LogP contribution in [0.1, 0.15) is 38.5 Å². The van der Waals surface area contributed by atoms with Gasteiger partial charge in [-0.2, -0.15) is 0 Å². The van der Waals surface area contributed by atoms with E-state index in [0.29, 0.717) is 25.9 Å². The standard InChI is InChI=1S/C14H23N5O3S/c1-18-10-15-17-14(18)23(21,22)12-6-8-19(9-7-12)13(20)16-11-4-2-3-5-11/h10-12H,2-9H2,1H3,(H,16,20). The van der Waals surface area contributed by atoms with Crippen LogP contribution in [-0.2, 0) is 16.9 Å². The van der Waals surface area contributed by atoms with Crippen molar-refractivity contribution in [2.24, 2.45) is 7.05 Å². The van der Waals surface area contributed by atoms with Gasteiger partial charge in [0, 0.05) is 26.2 Å². The summed E-state index contributed by atoms with van der Waals surface area (Å²) in [5.74, 6) is 0. The van der Waals surface area contributed by atoms with Gasteiger partial charge in [0.1, 0.15) is 6.33 Å². The van der Waals surface area contributed by atoms with Crippen LogP contribution in [-0.4, -0.2) is 58.5 Å². The maximum Gasteiger partial charge on any atom is 0.317 e. The van der Waals surface area contributed by atoms with Crippen molar-refractivity contribution in [1.29, 1.82) is 0 Å². The summed E-state index contributed by atoms with van der Waals surface area (Å²) in [6.07, 6.45) is 6.69. The van der Waals surface area contributed by atoms with Gasteiger partial charge in [0.15, 0.2) is 0 Å². The Morgan fingerprint density at radius 3 is 2.43 bits per heavy atom. The number of nitrogens with one attached hydrogen (secondary N) is 1. The summed E-state index contributed by atoms with van der Waals surface area (Å²) < 4.78 is 26.6. The van der Waals surface area contributed by atoms with Crippen LogP contribution in [0.4, 0.5) is 4.79 Å². The normalized spacial score (nSPS) is 20.8. The van der Waals surface area contributed by atoms with Crippen LogP contribution in [0.25, 0.3) is 0 Å². The molecule has 2 amide bonds. The maximum atomic E-state index is 12.6. The molecule has 1 N–H and O–H groups in total. The van der Waals surface area contributed by atoms with E-state index in [4.69, 9.17) is 0 Å². The van der Waals surface area contributed by atoms with Gasteiger partial charge in [-0.25, -0.2) is 13.2 Å². The molecule has 23 heavy (non-hydrogen) atoms. The maximum absolute atomic E-state index is 12.6. The van der Waals surface area contributed by atoms with Gasteiger partial charge in [-0.15, -0.1) is 10.2 Å². The minimum absolute atomic E-state index is 0.00589. The molecule has 0 atom stereocenters. The van der Waals surface area contributed by atoms with E-state index < -0.39 is 15.1 Å². The Bertz CT molecular complexity index is 658. The second-order valence-electron chi connectivity index (χ2n) is 6.39. The number of amides is 2. The number of carbonyl (C=O) groups is 1. The predicted octanol–water partition coefficient (Wildman–Crippen LogP) is 0.705. The third kappa shape index (κ3) is 3.34. The molecular weight excluding hydrogens is 318 g/mol. The molecule has 1 aliphatic carbocycles. The number of urea groups is 1. The lowest BCUT2D eigenvalue weighted by Crippen LogP contribution is -2.49. The molecule has 2 heterocycles. The Hall–Kier alpha value is -1.64. The fourth-order valence-electron chi connectivity index (χ4n) is 3.38. The van der Waals surface area contributed by atoms with Crippen molar-refractivity contribution >= 4 is 15.9 Å². The summed E-state index contributed by atoms with van der Waals surface area (Å²) in [6, 6.07) is 0.217. The first-order valence-corrected chi connectivity index (χ1v) is 9.66. The van der Waals surface area contributed by atoms with Crippen LogP contribution in [0.5, 0.6) is 0 Å². The van der Waals surface area contributed by atoms with Crippen molar-refractivity contribution in [1.82, 2.24) is 25.0 Å². The predicted molar refractivity (Wildman–Crippen MR) is 83.6 cm³/mol. The van der Waals surface area contributed by atoms with Crippen LogP contribution in [0.2, 0.25) is 0 Å². The van der Waals surface area contributed by atoms with Crippen LogP contribution in [0, 0.1) is 0 Å². The lowest BCUT2D eigenvalue weighted by molar-refractivity contribution is 0.183. The van der Waals surface area contributed by atoms with Crippen molar-refractivity contribution < 1.29 is 13.2 Å². The summed E-state index contributed by atoms with van der Waals surface area (Å²) in [6.45, 7) is 0.917. The fraction of sp³-hybridized carbons (Fsp3) is 0.786. The number of carbonyl (C=O) groups excluding carboxylic acids is 1. The number of sulfone groups is 1. The highest BCUT2D eigenvalue weighted by molar-refractivity contribution is 7.91. The summed E-state index contributed by atoms with van der Waals surface area (Å²) in [5.41, 5.74) is 0. The second-order valence-corrected chi connectivity index (χ2v) is 8.51. The average Bonchev–Trinajstić information content (AvgIpc) is 3.19. The van der Waals surface area contributed by atoms with Crippen molar-refractivity contribution in [3.8, 4) is 0 Å². The summed E-state index contributed by atoms with van der Waals surface area (Å²) in [4.78, 5) is 14.0. The number of aromatic nitrogens is 3. The molecule has 1 saturated carbocycles. The van der Waals surface area contributed by atoms with Gasteiger partial charge in [0.05, 0.1) is 5.25 Å². The Balaban J connectivity index is 1.58. The Labute approximate surface area is 136 Å². The van der Waals surface area contributed by atoms with E-state index in [9.17, 15) is 13.2 Å². The van der Waals surface area contributed by atoms with Crippen molar-refractivity contribution in [2.75, 3.05) is 13.1 Å². The lowest BCUT2D eigenvalue weighted by atomic mass is 10.1. The summed E-state index contributed by atoms with van der Waals surface area (Å²) in [7, 11) is -1.87. The molecular formula is C14H23N5O3S. The highest BCUT2D eigenvalue weighted by atomic mass is 32.2. The molecule has 0 bridgehead atoms. The van der Waals surface area contributed by atoms with Gasteiger partial charge in [0.2, 0.25) is 15.0 Å². The Kier molecular flexibility index (Phi) is 4.56. The number of piperidine rings is 1. The van der Waals surface area contributed by atoms with E-state index in [2.05, 4.69) is 15.5 Å². The van der Waals surface area contributed by atoms with Crippen LogP contribution < -0.4 is 5.32 Å². The van der Waals surface area contributed by atoms with Crippen LogP contribution >= 0.6 is 0 Å². The third-order valence-corrected chi connectivity index (χ3v) is 7.00. The molecule has 1 aliphatic heterocycles. The molecule has 1 aromatic rings. The minimum atomic E-state index is -3.49. The summed E-state index contributed by atoms with van der Waals surface area (Å²) >= 11 is 0. The molecule has 1 saturated heterocycles. The number of aryl methyl sites for hydroxylation is 1. The second kappa shape index (κ2) is 6.46. The van der Waals surface area contributed by atoms with Gasteiger partial charge in [-0.1, -0.05) is 12.8 Å². The smallest absolute Gasteiger partial charge is 0.317 e. The monoisotopic (exact) mass is 341 g/mol. The zero-order valence-corrected chi connectivity index (χ0v) is 14.1. The number of hydrogen-bond donors (Lipinski definition) is 1. The van der Waals surface area contributed by atoms with Crippen molar-refractivity contribution in [2.45, 2.75) is 55.0 Å². The van der Waals surface area contributed by atoms with Crippen LogP contribution in [0.15, 0.2) is 11.5 Å². The van der Waals surface area contributed by atoms with E-state index >= 15 is 0 Å². The minimum Gasteiger partial charge on any atom is -0.335 e. The lowest BCUT2D eigenvalue weighted by Gasteiger charge is -2.32. The van der Waals surface area contributed by atoms with Gasteiger partial charge in [-0.05, 0) is 25.7 Å². The molecule has 3 rings (SSSR count). The molecule has 2 fully saturated rings. The van der Waals surface area contributed by atoms with Gasteiger partial charge in [-0.3, -0.25) is 0 Å². The molecule has 0 radical (unpaired) electrons. The molecule has 8 nitrogen and oxygen atoms in total. The summed E-state index contributed by atoms with van der Waals surface area (Å²) in [5, 5.41) is 9.92. The zero-order valence-electron chi connectivity index (χ0n) is 13.3. The Morgan fingerprint density at radius 2 is 1.87 bits per heavy atom. The highest BCUT2D eigenvalue weighted by Crippen LogP contribution is 2.23. The van der Waals surface area contributed by atoms with E-state index in [-0.39, 0.29) is 17.2 Å². The van der Waals surface area contributed by atoms with E-state index in [1.54, 1.807) is 11.9 Å². The molecule has 1 aromatic heterocycles. The molecule has 0 aromatic carbocycles. The molecule has 0 spiro atoms. The van der Waals surface area contributed by atoms with Crippen LogP contribution in [0.3, 0.4) is 0 Å². The van der Waals surface area contributed by atoms with E-state index in [1.165, 1.54) is 23.7 Å². The Morgan fingerprint density at radius 1 is 1.22 bits per heavy atom. The van der Waals surface area contributed by atoms with Gasteiger partial charge < -0.3 is 14.8 Å². The van der Waals surface area contributed by atoms with Crippen molar-refractivity contribution in [3.63, 3.8) is 0 Å². The van der Waals surface area contributed by atoms with Gasteiger partial charge >= 0.3 is 6.03 Å². The fourth-order valence-corrected chi connectivity index (χ4v) is 5.12. The number of likely N-dealkylation sites (tertiary alicyclic amines) is 1. The molecule has 2 aliphatic rings. The number of hydrogen-bond acceptors (Lipinski definition) is 5. The topological polar surface area (TPSA) is 97.2 Å². The van der Waals surface area contributed by atoms with Gasteiger partial charge in [0.25, 0.3) is 0 Å². The molecule has 9 heteroatoms. The van der Waals surface area contributed by atoms with Crippen molar-refractivity contribution in [3.05, 3.63) is 6.33 Å². The first-order chi connectivity index (χ1) is 11.0. The molecule has 128 valence electrons. The number of rotatable bonds is 3. The van der Waals surface area contributed by atoms with E-state index in [0.717, 1.165) is 12.8 Å².